The first-order valence-electron chi connectivity index (χ1n) is 3.83. The van der Waals surface area contributed by atoms with E-state index in [0.717, 1.165) is 19.3 Å². The van der Waals surface area contributed by atoms with E-state index in [9.17, 15) is 4.79 Å². The summed E-state index contributed by atoms with van der Waals surface area (Å²) in [5.74, 6) is 0.136. The van der Waals surface area contributed by atoms with Crippen LogP contribution < -0.4 is 0 Å². The van der Waals surface area contributed by atoms with E-state index in [1.54, 1.807) is 6.08 Å². The Bertz CT molecular complexity index is 169. The summed E-state index contributed by atoms with van der Waals surface area (Å²) in [5.41, 5.74) is 0. The minimum atomic E-state index is 0.0535. The van der Waals surface area contributed by atoms with Gasteiger partial charge in [-0.25, -0.2) is 0 Å². The second-order valence-corrected chi connectivity index (χ2v) is 3.20. The summed E-state index contributed by atoms with van der Waals surface area (Å²) >= 11 is 5.65. The van der Waals surface area contributed by atoms with Crippen LogP contribution in [0.1, 0.15) is 19.3 Å². The molecule has 0 aliphatic carbocycles. The number of hydrogen-bond donors (Lipinski definition) is 0. The summed E-state index contributed by atoms with van der Waals surface area (Å²) in [5, 5.41) is 0. The molecule has 1 atom stereocenters. The number of piperidine rings is 1. The fraction of sp³-hybridized carbons (Fsp3) is 0.625. The van der Waals surface area contributed by atoms with Gasteiger partial charge in [0.15, 0.2) is 0 Å². The zero-order valence-electron chi connectivity index (χ0n) is 6.42. The Hall–Kier alpha value is -0.500. The van der Waals surface area contributed by atoms with E-state index in [1.165, 1.54) is 4.42 Å². The van der Waals surface area contributed by atoms with Crippen LogP contribution in [0.15, 0.2) is 12.7 Å². The van der Waals surface area contributed by atoms with Crippen molar-refractivity contribution < 1.29 is 4.79 Å². The molecule has 0 aromatic carbocycles. The van der Waals surface area contributed by atoms with E-state index in [-0.39, 0.29) is 11.8 Å². The Morgan fingerprint density at radius 2 is 2.55 bits per heavy atom. The lowest BCUT2D eigenvalue weighted by Gasteiger charge is -2.25. The van der Waals surface area contributed by atoms with E-state index in [1.807, 2.05) is 0 Å². The van der Waals surface area contributed by atoms with Crippen molar-refractivity contribution in [2.75, 3.05) is 6.54 Å². The molecule has 11 heavy (non-hydrogen) atoms. The molecule has 1 heterocycles. The lowest BCUT2D eigenvalue weighted by Crippen LogP contribution is -2.34. The van der Waals surface area contributed by atoms with E-state index in [2.05, 4.69) is 6.58 Å². The Kier molecular flexibility index (Phi) is 2.94. The lowest BCUT2D eigenvalue weighted by atomic mass is 9.95. The largest absolute Gasteiger partial charge is 0.273 e. The number of allylic oxidation sites excluding steroid dienone is 1. The van der Waals surface area contributed by atoms with Gasteiger partial charge in [0.1, 0.15) is 0 Å². The van der Waals surface area contributed by atoms with Gasteiger partial charge < -0.3 is 0 Å². The van der Waals surface area contributed by atoms with Crippen LogP contribution in [0.4, 0.5) is 0 Å². The number of hydrogen-bond acceptors (Lipinski definition) is 1. The van der Waals surface area contributed by atoms with Crippen LogP contribution in [0.25, 0.3) is 0 Å². The molecular formula is C8H12ClNO. The molecule has 1 amide bonds. The zero-order chi connectivity index (χ0) is 8.27. The highest BCUT2D eigenvalue weighted by Crippen LogP contribution is 2.22. The van der Waals surface area contributed by atoms with E-state index >= 15 is 0 Å². The number of carbonyl (C=O) groups is 1. The van der Waals surface area contributed by atoms with Gasteiger partial charge in [-0.15, -0.1) is 6.58 Å². The first-order valence-corrected chi connectivity index (χ1v) is 4.17. The van der Waals surface area contributed by atoms with Crippen molar-refractivity contribution in [1.82, 2.24) is 4.42 Å². The van der Waals surface area contributed by atoms with Crippen LogP contribution in [0.5, 0.6) is 0 Å². The summed E-state index contributed by atoms with van der Waals surface area (Å²) in [7, 11) is 0. The SMILES string of the molecule is C=CCC1CCCN(Cl)C1=O. The van der Waals surface area contributed by atoms with Crippen LogP contribution >= 0.6 is 11.8 Å². The first-order chi connectivity index (χ1) is 5.25. The first kappa shape index (κ1) is 8.60. The van der Waals surface area contributed by atoms with Gasteiger partial charge in [-0.3, -0.25) is 9.21 Å². The lowest BCUT2D eigenvalue weighted by molar-refractivity contribution is -0.132. The molecule has 62 valence electrons. The fourth-order valence-corrected chi connectivity index (χ4v) is 1.59. The number of carbonyl (C=O) groups excluding carboxylic acids is 1. The standard InChI is InChI=1S/C8H12ClNO/c1-2-4-7-5-3-6-10(9)8(7)11/h2,7H,1,3-6H2. The Morgan fingerprint density at radius 1 is 1.82 bits per heavy atom. The van der Waals surface area contributed by atoms with Crippen molar-refractivity contribution in [3.63, 3.8) is 0 Å². The summed E-state index contributed by atoms with van der Waals surface area (Å²) in [6.45, 7) is 4.29. The molecule has 0 aromatic heterocycles. The van der Waals surface area contributed by atoms with E-state index < -0.39 is 0 Å². The van der Waals surface area contributed by atoms with Crippen molar-refractivity contribution in [1.29, 1.82) is 0 Å². The predicted molar refractivity (Wildman–Crippen MR) is 45.1 cm³/mol. The van der Waals surface area contributed by atoms with Gasteiger partial charge in [0.25, 0.3) is 0 Å². The Balaban J connectivity index is 2.51. The quantitative estimate of drug-likeness (QED) is 0.462. The molecule has 1 saturated heterocycles. The second kappa shape index (κ2) is 3.77. The number of halogens is 1. The van der Waals surface area contributed by atoms with Crippen LogP contribution in [-0.2, 0) is 4.79 Å². The molecule has 2 nitrogen and oxygen atoms in total. The van der Waals surface area contributed by atoms with Gasteiger partial charge in [0, 0.05) is 24.2 Å². The molecule has 0 spiro atoms. The molecule has 0 bridgehead atoms. The zero-order valence-corrected chi connectivity index (χ0v) is 7.18. The smallest absolute Gasteiger partial charge is 0.240 e. The van der Waals surface area contributed by atoms with Gasteiger partial charge in [0.05, 0.1) is 0 Å². The molecule has 0 N–H and O–H groups in total. The molecule has 0 saturated carbocycles. The molecular weight excluding hydrogens is 162 g/mol. The Morgan fingerprint density at radius 3 is 3.18 bits per heavy atom. The normalized spacial score (nSPS) is 25.4. The van der Waals surface area contributed by atoms with Crippen LogP contribution in [0.2, 0.25) is 0 Å². The summed E-state index contributed by atoms with van der Waals surface area (Å²) in [6, 6.07) is 0. The van der Waals surface area contributed by atoms with Gasteiger partial charge in [0.2, 0.25) is 5.91 Å². The second-order valence-electron chi connectivity index (χ2n) is 2.79. The number of nitrogens with zero attached hydrogens (tertiary/aromatic N) is 1. The highest BCUT2D eigenvalue weighted by Gasteiger charge is 2.26. The van der Waals surface area contributed by atoms with Gasteiger partial charge in [-0.05, 0) is 19.3 Å². The van der Waals surface area contributed by atoms with Crippen molar-refractivity contribution >= 4 is 17.7 Å². The number of rotatable bonds is 2. The van der Waals surface area contributed by atoms with E-state index in [0.29, 0.717) is 6.54 Å². The third kappa shape index (κ3) is 1.96. The average molecular weight is 174 g/mol. The maximum atomic E-state index is 11.3. The molecule has 1 fully saturated rings. The maximum absolute atomic E-state index is 11.3. The van der Waals surface area contributed by atoms with Gasteiger partial charge >= 0.3 is 0 Å². The molecule has 0 radical (unpaired) electrons. The molecule has 0 aromatic rings. The minimum absolute atomic E-state index is 0.0535. The summed E-state index contributed by atoms with van der Waals surface area (Å²) in [6.07, 6.45) is 4.49. The highest BCUT2D eigenvalue weighted by atomic mass is 35.5. The van der Waals surface area contributed by atoms with Crippen molar-refractivity contribution in [2.24, 2.45) is 5.92 Å². The highest BCUT2D eigenvalue weighted by molar-refractivity contribution is 6.21. The van der Waals surface area contributed by atoms with Crippen LogP contribution in [-0.4, -0.2) is 16.9 Å². The third-order valence-electron chi connectivity index (χ3n) is 1.95. The molecule has 1 aliphatic rings. The Labute approximate surface area is 71.9 Å². The minimum Gasteiger partial charge on any atom is -0.273 e. The van der Waals surface area contributed by atoms with Crippen molar-refractivity contribution in [3.05, 3.63) is 12.7 Å². The molecule has 1 unspecified atom stereocenters. The summed E-state index contributed by atoms with van der Waals surface area (Å²) < 4.78 is 1.29. The van der Waals surface area contributed by atoms with Crippen LogP contribution in [0.3, 0.4) is 0 Å². The average Bonchev–Trinajstić information content (AvgIpc) is 1.99. The maximum Gasteiger partial charge on any atom is 0.240 e. The van der Waals surface area contributed by atoms with Crippen molar-refractivity contribution in [3.8, 4) is 0 Å². The monoisotopic (exact) mass is 173 g/mol. The van der Waals surface area contributed by atoms with Crippen molar-refractivity contribution in [2.45, 2.75) is 19.3 Å². The molecule has 1 rings (SSSR count). The topological polar surface area (TPSA) is 20.3 Å². The van der Waals surface area contributed by atoms with Crippen LogP contribution in [0, 0.1) is 5.92 Å². The molecule has 3 heteroatoms. The predicted octanol–water partition coefficient (Wildman–Crippen LogP) is 1.95. The fourth-order valence-electron chi connectivity index (χ4n) is 1.33. The van der Waals surface area contributed by atoms with E-state index in [4.69, 9.17) is 11.8 Å². The third-order valence-corrected chi connectivity index (χ3v) is 2.28. The number of amides is 1. The summed E-state index contributed by atoms with van der Waals surface area (Å²) in [4.78, 5) is 11.3. The molecule has 1 aliphatic heterocycles. The van der Waals surface area contributed by atoms with Gasteiger partial charge in [-0.2, -0.15) is 0 Å². The van der Waals surface area contributed by atoms with Gasteiger partial charge in [-0.1, -0.05) is 6.08 Å².